The minimum Gasteiger partial charge on any atom is -0.477 e. The maximum Gasteiger partial charge on any atom is 0.352 e. The van der Waals surface area contributed by atoms with Crippen LogP contribution in [0.15, 0.2) is 48.5 Å². The molecule has 0 fully saturated rings. The molecular formula is C20H17N3O2. The Morgan fingerprint density at radius 2 is 1.76 bits per heavy atom. The van der Waals surface area contributed by atoms with Crippen LogP contribution in [0.2, 0.25) is 0 Å². The average molecular weight is 331 g/mol. The van der Waals surface area contributed by atoms with Crippen LogP contribution in [0.25, 0.3) is 21.8 Å². The summed E-state index contributed by atoms with van der Waals surface area (Å²) in [6, 6.07) is 15.5. The lowest BCUT2D eigenvalue weighted by Crippen LogP contribution is -1.96. The molecule has 0 aliphatic carbocycles. The molecule has 124 valence electrons. The van der Waals surface area contributed by atoms with Gasteiger partial charge in [0.25, 0.3) is 0 Å². The second-order valence-corrected chi connectivity index (χ2v) is 6.26. The van der Waals surface area contributed by atoms with Crippen molar-refractivity contribution in [1.82, 2.24) is 9.97 Å². The standard InChI is InChI=1S/C20H17N3O2/c1-11-7-12(2)9-13(8-11)21-19-15-10-17(20(24)25)22-18(15)14-5-3-4-6-16(14)23-19/h3-10,22H,1-2H3,(H,21,23)(H,24,25). The summed E-state index contributed by atoms with van der Waals surface area (Å²) in [6.07, 6.45) is 0. The summed E-state index contributed by atoms with van der Waals surface area (Å²) in [5, 5.41) is 14.3. The number of anilines is 2. The normalized spacial score (nSPS) is 11.1. The van der Waals surface area contributed by atoms with Crippen LogP contribution >= 0.6 is 0 Å². The van der Waals surface area contributed by atoms with Crippen LogP contribution in [-0.2, 0) is 0 Å². The average Bonchev–Trinajstić information content (AvgIpc) is 3.00. The Balaban J connectivity index is 1.96. The Hall–Kier alpha value is -3.34. The van der Waals surface area contributed by atoms with Crippen molar-refractivity contribution in [1.29, 1.82) is 0 Å². The van der Waals surface area contributed by atoms with Gasteiger partial charge in [-0.25, -0.2) is 9.78 Å². The summed E-state index contributed by atoms with van der Waals surface area (Å²) >= 11 is 0. The molecule has 4 aromatic rings. The number of nitrogens with one attached hydrogen (secondary N) is 2. The van der Waals surface area contributed by atoms with E-state index in [1.54, 1.807) is 6.07 Å². The number of aromatic amines is 1. The van der Waals surface area contributed by atoms with Crippen molar-refractivity contribution in [3.63, 3.8) is 0 Å². The van der Waals surface area contributed by atoms with Gasteiger partial charge in [0.15, 0.2) is 0 Å². The van der Waals surface area contributed by atoms with Crippen molar-refractivity contribution in [3.8, 4) is 0 Å². The molecule has 0 aliphatic heterocycles. The maximum absolute atomic E-state index is 11.4. The zero-order valence-corrected chi connectivity index (χ0v) is 13.9. The summed E-state index contributed by atoms with van der Waals surface area (Å²) in [5.41, 5.74) is 4.96. The molecule has 0 bridgehead atoms. The Labute approximate surface area is 144 Å². The van der Waals surface area contributed by atoms with Crippen LogP contribution < -0.4 is 5.32 Å². The molecule has 2 heterocycles. The third kappa shape index (κ3) is 2.70. The first kappa shape index (κ1) is 15.2. The smallest absolute Gasteiger partial charge is 0.352 e. The number of carboxylic acids is 1. The second kappa shape index (κ2) is 5.63. The number of hydrogen-bond acceptors (Lipinski definition) is 3. The van der Waals surface area contributed by atoms with Gasteiger partial charge in [-0.15, -0.1) is 0 Å². The van der Waals surface area contributed by atoms with E-state index in [9.17, 15) is 9.90 Å². The predicted octanol–water partition coefficient (Wildman–Crippen LogP) is 4.77. The molecule has 0 atom stereocenters. The fraction of sp³-hybridized carbons (Fsp3) is 0.100. The van der Waals surface area contributed by atoms with E-state index >= 15 is 0 Å². The number of nitrogens with zero attached hydrogens (tertiary/aromatic N) is 1. The number of carboxylic acid groups (broad SMARTS) is 1. The first-order valence-corrected chi connectivity index (χ1v) is 8.01. The number of aryl methyl sites for hydroxylation is 2. The van der Waals surface area contributed by atoms with Crippen molar-refractivity contribution in [2.45, 2.75) is 13.8 Å². The van der Waals surface area contributed by atoms with Gasteiger partial charge in [0.2, 0.25) is 0 Å². The first-order valence-electron chi connectivity index (χ1n) is 8.01. The van der Waals surface area contributed by atoms with E-state index in [0.717, 1.165) is 38.6 Å². The largest absolute Gasteiger partial charge is 0.477 e. The summed E-state index contributed by atoms with van der Waals surface area (Å²) < 4.78 is 0. The highest BCUT2D eigenvalue weighted by molar-refractivity contribution is 6.11. The van der Waals surface area contributed by atoms with Gasteiger partial charge in [0, 0.05) is 16.5 Å². The van der Waals surface area contributed by atoms with Crippen molar-refractivity contribution < 1.29 is 9.90 Å². The van der Waals surface area contributed by atoms with Crippen LogP contribution in [0.3, 0.4) is 0 Å². The van der Waals surface area contributed by atoms with Crippen LogP contribution in [0.4, 0.5) is 11.5 Å². The molecule has 5 heteroatoms. The molecule has 0 radical (unpaired) electrons. The minimum atomic E-state index is -0.988. The number of aromatic nitrogens is 2. The lowest BCUT2D eigenvalue weighted by atomic mass is 10.1. The van der Waals surface area contributed by atoms with Crippen LogP contribution in [0, 0.1) is 13.8 Å². The SMILES string of the molecule is Cc1cc(C)cc(Nc2nc3ccccc3c3[nH]c(C(=O)O)cc23)c1. The first-order chi connectivity index (χ1) is 12.0. The lowest BCUT2D eigenvalue weighted by Gasteiger charge is -2.10. The molecule has 0 saturated carbocycles. The van der Waals surface area contributed by atoms with Gasteiger partial charge in [-0.1, -0.05) is 24.3 Å². The Kier molecular flexibility index (Phi) is 3.42. The molecule has 2 aromatic carbocycles. The third-order valence-corrected chi connectivity index (χ3v) is 4.19. The third-order valence-electron chi connectivity index (χ3n) is 4.19. The summed E-state index contributed by atoms with van der Waals surface area (Å²) in [5.74, 6) is -0.347. The Morgan fingerprint density at radius 1 is 1.04 bits per heavy atom. The topological polar surface area (TPSA) is 78.0 Å². The number of para-hydroxylation sites is 1. The zero-order valence-electron chi connectivity index (χ0n) is 13.9. The molecular weight excluding hydrogens is 314 g/mol. The van der Waals surface area contributed by atoms with Gasteiger partial charge < -0.3 is 15.4 Å². The van der Waals surface area contributed by atoms with Crippen LogP contribution in [0.5, 0.6) is 0 Å². The van der Waals surface area contributed by atoms with E-state index in [0.29, 0.717) is 5.82 Å². The summed E-state index contributed by atoms with van der Waals surface area (Å²) in [6.45, 7) is 4.08. The van der Waals surface area contributed by atoms with Gasteiger partial charge in [-0.3, -0.25) is 0 Å². The highest BCUT2D eigenvalue weighted by Gasteiger charge is 2.15. The highest BCUT2D eigenvalue weighted by atomic mass is 16.4. The van der Waals surface area contributed by atoms with E-state index < -0.39 is 5.97 Å². The van der Waals surface area contributed by atoms with Crippen LogP contribution in [-0.4, -0.2) is 21.0 Å². The fourth-order valence-corrected chi connectivity index (χ4v) is 3.21. The molecule has 0 unspecified atom stereocenters. The monoisotopic (exact) mass is 331 g/mol. The van der Waals surface area contributed by atoms with Crippen LogP contribution in [0.1, 0.15) is 21.6 Å². The van der Waals surface area contributed by atoms with Gasteiger partial charge in [-0.05, 0) is 49.2 Å². The number of rotatable bonds is 3. The van der Waals surface area contributed by atoms with Gasteiger partial charge in [0.05, 0.1) is 11.0 Å². The molecule has 4 rings (SSSR count). The molecule has 5 nitrogen and oxygen atoms in total. The molecule has 0 aliphatic rings. The Bertz CT molecular complexity index is 1110. The van der Waals surface area contributed by atoms with E-state index in [2.05, 4.69) is 16.4 Å². The van der Waals surface area contributed by atoms with E-state index in [1.807, 2.05) is 50.2 Å². The maximum atomic E-state index is 11.4. The number of pyridine rings is 1. The van der Waals surface area contributed by atoms with Gasteiger partial charge >= 0.3 is 5.97 Å². The quantitative estimate of drug-likeness (QED) is 0.505. The Morgan fingerprint density at radius 3 is 2.48 bits per heavy atom. The highest BCUT2D eigenvalue weighted by Crippen LogP contribution is 2.31. The fourth-order valence-electron chi connectivity index (χ4n) is 3.21. The number of fused-ring (bicyclic) bond motifs is 3. The molecule has 0 amide bonds. The number of H-pyrrole nitrogens is 1. The van der Waals surface area contributed by atoms with Crippen molar-refractivity contribution in [2.75, 3.05) is 5.32 Å². The number of benzene rings is 2. The minimum absolute atomic E-state index is 0.150. The molecule has 0 spiro atoms. The zero-order chi connectivity index (χ0) is 17.6. The molecule has 3 N–H and O–H groups in total. The summed E-state index contributed by atoms with van der Waals surface area (Å²) in [7, 11) is 0. The molecule has 25 heavy (non-hydrogen) atoms. The number of aromatic carboxylic acids is 1. The van der Waals surface area contributed by atoms with Gasteiger partial charge in [0.1, 0.15) is 11.5 Å². The summed E-state index contributed by atoms with van der Waals surface area (Å²) in [4.78, 5) is 19.1. The predicted molar refractivity (Wildman–Crippen MR) is 99.8 cm³/mol. The van der Waals surface area contributed by atoms with E-state index in [1.165, 1.54) is 0 Å². The van der Waals surface area contributed by atoms with Crippen molar-refractivity contribution in [2.24, 2.45) is 0 Å². The number of carbonyl (C=O) groups is 1. The van der Waals surface area contributed by atoms with Crippen molar-refractivity contribution >= 4 is 39.3 Å². The lowest BCUT2D eigenvalue weighted by molar-refractivity contribution is 0.0691. The molecule has 0 saturated heterocycles. The molecule has 2 aromatic heterocycles. The second-order valence-electron chi connectivity index (χ2n) is 6.26. The van der Waals surface area contributed by atoms with Crippen molar-refractivity contribution in [3.05, 3.63) is 65.4 Å². The van der Waals surface area contributed by atoms with E-state index in [4.69, 9.17) is 4.98 Å². The van der Waals surface area contributed by atoms with Gasteiger partial charge in [-0.2, -0.15) is 0 Å². The number of hydrogen-bond donors (Lipinski definition) is 3. The van der Waals surface area contributed by atoms with E-state index in [-0.39, 0.29) is 5.69 Å².